The van der Waals surface area contributed by atoms with E-state index in [1.54, 1.807) is 0 Å². The van der Waals surface area contributed by atoms with E-state index in [0.29, 0.717) is 11.9 Å². The number of aromatic nitrogens is 3. The van der Waals surface area contributed by atoms with E-state index in [4.69, 9.17) is 10.7 Å². The van der Waals surface area contributed by atoms with Gasteiger partial charge in [-0.15, -0.1) is 0 Å². The largest absolute Gasteiger partial charge is 0.382 e. The number of aromatic amines is 1. The summed E-state index contributed by atoms with van der Waals surface area (Å²) in [7, 11) is 0. The molecule has 0 radical (unpaired) electrons. The summed E-state index contributed by atoms with van der Waals surface area (Å²) in [6.45, 7) is 8.76. The SMILES string of the molecule is CC(C)N1CCN(c2ccc(-c3ccc4[nH]nc(N)c4c3)cn2)CC1. The quantitative estimate of drug-likeness (QED) is 0.769. The van der Waals surface area contributed by atoms with Gasteiger partial charge in [0.25, 0.3) is 0 Å². The summed E-state index contributed by atoms with van der Waals surface area (Å²) in [5.41, 5.74) is 9.05. The number of benzene rings is 1. The Balaban J connectivity index is 1.52. The van der Waals surface area contributed by atoms with Crippen molar-refractivity contribution >= 4 is 22.5 Å². The fourth-order valence-corrected chi connectivity index (χ4v) is 3.43. The molecule has 2 aromatic heterocycles. The smallest absolute Gasteiger partial charge is 0.153 e. The van der Waals surface area contributed by atoms with E-state index in [2.05, 4.69) is 58.1 Å². The second-order valence-corrected chi connectivity index (χ2v) is 6.89. The number of H-pyrrole nitrogens is 1. The molecule has 0 saturated carbocycles. The van der Waals surface area contributed by atoms with Crippen LogP contribution in [0.1, 0.15) is 13.8 Å². The summed E-state index contributed by atoms with van der Waals surface area (Å²) in [4.78, 5) is 9.56. The molecule has 0 unspecified atom stereocenters. The monoisotopic (exact) mass is 336 g/mol. The van der Waals surface area contributed by atoms with Gasteiger partial charge >= 0.3 is 0 Å². The molecule has 1 aromatic carbocycles. The molecule has 1 saturated heterocycles. The van der Waals surface area contributed by atoms with Crippen LogP contribution in [0, 0.1) is 0 Å². The molecule has 0 spiro atoms. The molecule has 1 aliphatic heterocycles. The van der Waals surface area contributed by atoms with Crippen molar-refractivity contribution in [2.75, 3.05) is 36.8 Å². The highest BCUT2D eigenvalue weighted by molar-refractivity contribution is 5.92. The van der Waals surface area contributed by atoms with E-state index in [9.17, 15) is 0 Å². The first-order valence-electron chi connectivity index (χ1n) is 8.81. The Morgan fingerprint density at radius 3 is 2.48 bits per heavy atom. The summed E-state index contributed by atoms with van der Waals surface area (Å²) < 4.78 is 0. The van der Waals surface area contributed by atoms with Crippen LogP contribution in [0.4, 0.5) is 11.6 Å². The lowest BCUT2D eigenvalue weighted by atomic mass is 10.1. The van der Waals surface area contributed by atoms with Crippen molar-refractivity contribution in [3.05, 3.63) is 36.5 Å². The molecule has 0 amide bonds. The number of nitrogens with two attached hydrogens (primary N) is 1. The summed E-state index contributed by atoms with van der Waals surface area (Å²) in [6, 6.07) is 11.0. The molecule has 4 rings (SSSR count). The topological polar surface area (TPSA) is 74.1 Å². The van der Waals surface area contributed by atoms with Crippen molar-refractivity contribution in [3.63, 3.8) is 0 Å². The van der Waals surface area contributed by atoms with Crippen LogP contribution in [0.25, 0.3) is 22.0 Å². The number of nitrogens with one attached hydrogen (secondary N) is 1. The van der Waals surface area contributed by atoms with Gasteiger partial charge in [0.1, 0.15) is 5.82 Å². The maximum Gasteiger partial charge on any atom is 0.153 e. The van der Waals surface area contributed by atoms with Crippen molar-refractivity contribution < 1.29 is 0 Å². The van der Waals surface area contributed by atoms with E-state index in [1.165, 1.54) is 0 Å². The lowest BCUT2D eigenvalue weighted by Crippen LogP contribution is -2.49. The van der Waals surface area contributed by atoms with Crippen LogP contribution in [0.3, 0.4) is 0 Å². The number of nitrogens with zero attached hydrogens (tertiary/aromatic N) is 4. The second-order valence-electron chi connectivity index (χ2n) is 6.89. The normalized spacial score (nSPS) is 16.0. The zero-order valence-electron chi connectivity index (χ0n) is 14.7. The number of piperazine rings is 1. The molecule has 0 aliphatic carbocycles. The van der Waals surface area contributed by atoms with Crippen LogP contribution in [-0.4, -0.2) is 52.3 Å². The minimum absolute atomic E-state index is 0.532. The minimum atomic E-state index is 0.532. The average molecular weight is 336 g/mol. The van der Waals surface area contributed by atoms with Crippen molar-refractivity contribution in [2.45, 2.75) is 19.9 Å². The summed E-state index contributed by atoms with van der Waals surface area (Å²) in [5, 5.41) is 7.93. The molecular weight excluding hydrogens is 312 g/mol. The van der Waals surface area contributed by atoms with Crippen molar-refractivity contribution in [1.29, 1.82) is 0 Å². The number of anilines is 2. The van der Waals surface area contributed by atoms with Gasteiger partial charge in [-0.25, -0.2) is 4.98 Å². The molecule has 3 N–H and O–H groups in total. The molecule has 1 aliphatic rings. The number of hydrogen-bond donors (Lipinski definition) is 2. The molecule has 3 heterocycles. The number of hydrogen-bond acceptors (Lipinski definition) is 5. The molecule has 3 aromatic rings. The van der Waals surface area contributed by atoms with Gasteiger partial charge in [0.15, 0.2) is 5.82 Å². The van der Waals surface area contributed by atoms with E-state index in [0.717, 1.165) is 54.0 Å². The Bertz CT molecular complexity index is 859. The highest BCUT2D eigenvalue weighted by Gasteiger charge is 2.19. The van der Waals surface area contributed by atoms with Crippen LogP contribution in [0.5, 0.6) is 0 Å². The first-order valence-corrected chi connectivity index (χ1v) is 8.81. The molecule has 25 heavy (non-hydrogen) atoms. The number of pyridine rings is 1. The Hall–Kier alpha value is -2.60. The third kappa shape index (κ3) is 3.05. The number of fused-ring (bicyclic) bond motifs is 1. The van der Waals surface area contributed by atoms with Crippen molar-refractivity contribution in [2.24, 2.45) is 0 Å². The Morgan fingerprint density at radius 2 is 1.80 bits per heavy atom. The van der Waals surface area contributed by atoms with Gasteiger partial charge in [0, 0.05) is 49.4 Å². The van der Waals surface area contributed by atoms with Crippen LogP contribution in [-0.2, 0) is 0 Å². The Morgan fingerprint density at radius 1 is 1.04 bits per heavy atom. The van der Waals surface area contributed by atoms with Gasteiger partial charge in [0.05, 0.1) is 5.52 Å². The highest BCUT2D eigenvalue weighted by atomic mass is 15.3. The fourth-order valence-electron chi connectivity index (χ4n) is 3.43. The fraction of sp³-hybridized carbons (Fsp3) is 0.368. The lowest BCUT2D eigenvalue weighted by molar-refractivity contribution is 0.209. The van der Waals surface area contributed by atoms with Gasteiger partial charge < -0.3 is 10.6 Å². The standard InChI is InChI=1S/C19H24N6/c1-13(2)24-7-9-25(10-8-24)18-6-4-15(12-21-18)14-3-5-17-16(11-14)19(20)23-22-17/h3-6,11-13H,7-10H2,1-2H3,(H3,20,22,23). The van der Waals surface area contributed by atoms with Crippen LogP contribution < -0.4 is 10.6 Å². The third-order valence-corrected chi connectivity index (χ3v) is 5.04. The number of rotatable bonds is 3. The second kappa shape index (κ2) is 6.37. The first-order chi connectivity index (χ1) is 12.1. The molecule has 1 fully saturated rings. The van der Waals surface area contributed by atoms with Gasteiger partial charge in [-0.05, 0) is 43.7 Å². The zero-order valence-corrected chi connectivity index (χ0v) is 14.7. The van der Waals surface area contributed by atoms with Gasteiger partial charge in [-0.2, -0.15) is 5.10 Å². The van der Waals surface area contributed by atoms with Crippen LogP contribution >= 0.6 is 0 Å². The molecule has 6 nitrogen and oxygen atoms in total. The third-order valence-electron chi connectivity index (χ3n) is 5.04. The first kappa shape index (κ1) is 15.9. The summed E-state index contributed by atoms with van der Waals surface area (Å²) >= 11 is 0. The van der Waals surface area contributed by atoms with E-state index < -0.39 is 0 Å². The average Bonchev–Trinajstić information content (AvgIpc) is 3.02. The lowest BCUT2D eigenvalue weighted by Gasteiger charge is -2.37. The van der Waals surface area contributed by atoms with E-state index in [-0.39, 0.29) is 0 Å². The van der Waals surface area contributed by atoms with Crippen LogP contribution in [0.15, 0.2) is 36.5 Å². The molecule has 6 heteroatoms. The maximum atomic E-state index is 5.91. The predicted molar refractivity (Wildman–Crippen MR) is 103 cm³/mol. The molecule has 130 valence electrons. The Labute approximate surface area is 147 Å². The summed E-state index contributed by atoms with van der Waals surface area (Å²) in [6.07, 6.45) is 1.95. The summed E-state index contributed by atoms with van der Waals surface area (Å²) in [5.74, 6) is 1.58. The molecule has 0 atom stereocenters. The molecule has 0 bridgehead atoms. The highest BCUT2D eigenvalue weighted by Crippen LogP contribution is 2.27. The van der Waals surface area contributed by atoms with E-state index >= 15 is 0 Å². The van der Waals surface area contributed by atoms with Gasteiger partial charge in [0.2, 0.25) is 0 Å². The number of nitrogen functional groups attached to an aromatic ring is 1. The Kier molecular flexibility index (Phi) is 4.05. The van der Waals surface area contributed by atoms with Crippen molar-refractivity contribution in [3.8, 4) is 11.1 Å². The maximum absolute atomic E-state index is 5.91. The zero-order chi connectivity index (χ0) is 17.4. The molecular formula is C19H24N6. The predicted octanol–water partition coefficient (Wildman–Crippen LogP) is 2.74. The van der Waals surface area contributed by atoms with Crippen LogP contribution in [0.2, 0.25) is 0 Å². The minimum Gasteiger partial charge on any atom is -0.382 e. The van der Waals surface area contributed by atoms with Gasteiger partial charge in [-0.1, -0.05) is 6.07 Å². The van der Waals surface area contributed by atoms with Crippen molar-refractivity contribution in [1.82, 2.24) is 20.1 Å². The van der Waals surface area contributed by atoms with Gasteiger partial charge in [-0.3, -0.25) is 10.00 Å². The van der Waals surface area contributed by atoms with E-state index in [1.807, 2.05) is 12.3 Å².